The van der Waals surface area contributed by atoms with Gasteiger partial charge >= 0.3 is 11.8 Å². The number of methoxy groups -OCH3 is 3. The van der Waals surface area contributed by atoms with Gasteiger partial charge in [-0.25, -0.2) is 5.43 Å². The van der Waals surface area contributed by atoms with E-state index >= 15 is 0 Å². The van der Waals surface area contributed by atoms with Gasteiger partial charge in [0.05, 0.1) is 27.5 Å². The predicted octanol–water partition coefficient (Wildman–Crippen LogP) is 1.22. The summed E-state index contributed by atoms with van der Waals surface area (Å²) in [5.74, 6) is -0.0751. The van der Waals surface area contributed by atoms with Crippen LogP contribution in [0.4, 0.5) is 0 Å². The van der Waals surface area contributed by atoms with Crippen LogP contribution in [0.3, 0.4) is 0 Å². The van der Waals surface area contributed by atoms with Crippen LogP contribution in [0.5, 0.6) is 17.2 Å². The van der Waals surface area contributed by atoms with E-state index in [0.717, 1.165) is 25.7 Å². The molecule has 0 aromatic heterocycles. The highest BCUT2D eigenvalue weighted by Gasteiger charge is 2.21. The first kappa shape index (κ1) is 18.6. The van der Waals surface area contributed by atoms with Crippen molar-refractivity contribution in [2.75, 3.05) is 21.3 Å². The fourth-order valence-corrected chi connectivity index (χ4v) is 2.71. The van der Waals surface area contributed by atoms with Gasteiger partial charge in [0, 0.05) is 11.6 Å². The summed E-state index contributed by atoms with van der Waals surface area (Å²) in [7, 11) is 4.53. The number of carbonyl (C=O) groups is 2. The molecule has 0 heterocycles. The Hall–Kier alpha value is -2.77. The van der Waals surface area contributed by atoms with Gasteiger partial charge < -0.3 is 19.5 Å². The smallest absolute Gasteiger partial charge is 0.329 e. The number of hydrazone groups is 1. The Kier molecular flexibility index (Phi) is 6.62. The summed E-state index contributed by atoms with van der Waals surface area (Å²) in [6.45, 7) is 0. The fraction of sp³-hybridized carbons (Fsp3) is 0.471. The largest absolute Gasteiger partial charge is 0.493 e. The van der Waals surface area contributed by atoms with Gasteiger partial charge in [0.1, 0.15) is 0 Å². The van der Waals surface area contributed by atoms with Gasteiger partial charge in [0.15, 0.2) is 11.5 Å². The van der Waals surface area contributed by atoms with Crippen LogP contribution in [0.2, 0.25) is 0 Å². The number of amides is 2. The van der Waals surface area contributed by atoms with E-state index in [1.165, 1.54) is 27.5 Å². The van der Waals surface area contributed by atoms with Crippen molar-refractivity contribution in [1.82, 2.24) is 10.7 Å². The van der Waals surface area contributed by atoms with E-state index in [4.69, 9.17) is 14.2 Å². The monoisotopic (exact) mass is 349 g/mol. The van der Waals surface area contributed by atoms with E-state index in [2.05, 4.69) is 15.8 Å². The molecule has 0 aliphatic heterocycles. The first-order valence-electron chi connectivity index (χ1n) is 8.03. The molecule has 8 nitrogen and oxygen atoms in total. The molecule has 25 heavy (non-hydrogen) atoms. The lowest BCUT2D eigenvalue weighted by Crippen LogP contribution is -2.42. The van der Waals surface area contributed by atoms with Crippen molar-refractivity contribution < 1.29 is 23.8 Å². The molecule has 1 fully saturated rings. The van der Waals surface area contributed by atoms with Crippen LogP contribution < -0.4 is 25.0 Å². The fourth-order valence-electron chi connectivity index (χ4n) is 2.71. The Morgan fingerprint density at radius 2 is 1.64 bits per heavy atom. The highest BCUT2D eigenvalue weighted by Crippen LogP contribution is 2.37. The van der Waals surface area contributed by atoms with Crippen LogP contribution in [0.1, 0.15) is 31.2 Å². The number of benzene rings is 1. The van der Waals surface area contributed by atoms with Crippen LogP contribution in [0.25, 0.3) is 0 Å². The Balaban J connectivity index is 1.98. The summed E-state index contributed by atoms with van der Waals surface area (Å²) in [6.07, 6.45) is 5.37. The number of ether oxygens (including phenoxy) is 3. The molecule has 2 rings (SSSR count). The maximum Gasteiger partial charge on any atom is 0.329 e. The summed E-state index contributed by atoms with van der Waals surface area (Å²) >= 11 is 0. The van der Waals surface area contributed by atoms with E-state index in [1.54, 1.807) is 12.1 Å². The van der Waals surface area contributed by atoms with E-state index in [0.29, 0.717) is 22.8 Å². The summed E-state index contributed by atoms with van der Waals surface area (Å²) in [6, 6.07) is 3.43. The van der Waals surface area contributed by atoms with Gasteiger partial charge in [-0.2, -0.15) is 5.10 Å². The lowest BCUT2D eigenvalue weighted by atomic mass is 10.2. The standard InChI is InChI=1S/C17H23N3O5/c1-23-13-8-11(9-14(24-2)15(13)25-3)10-18-20-17(22)16(21)19-12-6-4-5-7-12/h8-10,12H,4-7H2,1-3H3,(H,19,21)(H,20,22)/b18-10+. The summed E-state index contributed by atoms with van der Waals surface area (Å²) in [4.78, 5) is 23.5. The Bertz CT molecular complexity index is 629. The van der Waals surface area contributed by atoms with Crippen LogP contribution in [0.15, 0.2) is 17.2 Å². The molecule has 136 valence electrons. The zero-order valence-electron chi connectivity index (χ0n) is 14.6. The van der Waals surface area contributed by atoms with E-state index < -0.39 is 11.8 Å². The van der Waals surface area contributed by atoms with E-state index in [1.807, 2.05) is 0 Å². The van der Waals surface area contributed by atoms with Gasteiger partial charge in [0.25, 0.3) is 0 Å². The minimum atomic E-state index is -0.796. The van der Waals surface area contributed by atoms with Gasteiger partial charge in [-0.1, -0.05) is 12.8 Å². The highest BCUT2D eigenvalue weighted by molar-refractivity contribution is 6.35. The normalized spacial score (nSPS) is 14.4. The lowest BCUT2D eigenvalue weighted by molar-refractivity contribution is -0.139. The number of carbonyl (C=O) groups excluding carboxylic acids is 2. The molecule has 0 atom stereocenters. The van der Waals surface area contributed by atoms with Gasteiger partial charge in [-0.15, -0.1) is 0 Å². The zero-order valence-corrected chi connectivity index (χ0v) is 14.6. The second-order valence-electron chi connectivity index (χ2n) is 5.61. The van der Waals surface area contributed by atoms with Crippen LogP contribution in [-0.2, 0) is 9.59 Å². The molecule has 0 radical (unpaired) electrons. The van der Waals surface area contributed by atoms with Crippen molar-refractivity contribution in [3.05, 3.63) is 17.7 Å². The second kappa shape index (κ2) is 8.91. The summed E-state index contributed by atoms with van der Waals surface area (Å²) in [5.41, 5.74) is 2.83. The molecule has 1 aliphatic carbocycles. The van der Waals surface area contributed by atoms with Crippen molar-refractivity contribution in [2.24, 2.45) is 5.10 Å². The quantitative estimate of drug-likeness (QED) is 0.457. The third kappa shape index (κ3) is 4.85. The number of hydrogen-bond donors (Lipinski definition) is 2. The topological polar surface area (TPSA) is 98.2 Å². The molecule has 8 heteroatoms. The molecule has 0 bridgehead atoms. The number of nitrogens with zero attached hydrogens (tertiary/aromatic N) is 1. The number of rotatable bonds is 6. The average Bonchev–Trinajstić information content (AvgIpc) is 3.13. The molecular weight excluding hydrogens is 326 g/mol. The highest BCUT2D eigenvalue weighted by atomic mass is 16.5. The Morgan fingerprint density at radius 3 is 2.16 bits per heavy atom. The SMILES string of the molecule is COc1cc(/C=N/NC(=O)C(=O)NC2CCCC2)cc(OC)c1OC. The van der Waals surface area contributed by atoms with Crippen LogP contribution in [-0.4, -0.2) is 45.4 Å². The van der Waals surface area contributed by atoms with Crippen molar-refractivity contribution in [1.29, 1.82) is 0 Å². The Morgan fingerprint density at radius 1 is 1.04 bits per heavy atom. The molecule has 1 aliphatic rings. The van der Waals surface area contributed by atoms with Crippen molar-refractivity contribution in [3.63, 3.8) is 0 Å². The molecule has 0 unspecified atom stereocenters. The summed E-state index contributed by atoms with van der Waals surface area (Å²) in [5, 5.41) is 6.50. The first-order valence-corrected chi connectivity index (χ1v) is 8.03. The van der Waals surface area contributed by atoms with Gasteiger partial charge in [-0.3, -0.25) is 9.59 Å². The minimum Gasteiger partial charge on any atom is -0.493 e. The molecule has 1 saturated carbocycles. The number of nitrogens with one attached hydrogen (secondary N) is 2. The second-order valence-corrected chi connectivity index (χ2v) is 5.61. The first-order chi connectivity index (χ1) is 12.1. The van der Waals surface area contributed by atoms with Crippen LogP contribution in [0, 0.1) is 0 Å². The Labute approximate surface area is 146 Å². The summed E-state index contributed by atoms with van der Waals surface area (Å²) < 4.78 is 15.7. The molecule has 1 aromatic carbocycles. The van der Waals surface area contributed by atoms with E-state index in [-0.39, 0.29) is 6.04 Å². The molecule has 0 spiro atoms. The average molecular weight is 349 g/mol. The molecule has 2 N–H and O–H groups in total. The van der Waals surface area contributed by atoms with Gasteiger partial charge in [0.2, 0.25) is 5.75 Å². The minimum absolute atomic E-state index is 0.0809. The number of hydrogen-bond acceptors (Lipinski definition) is 6. The van der Waals surface area contributed by atoms with Crippen molar-refractivity contribution in [3.8, 4) is 17.2 Å². The molecular formula is C17H23N3O5. The predicted molar refractivity (Wildman–Crippen MR) is 92.2 cm³/mol. The van der Waals surface area contributed by atoms with Gasteiger partial charge in [-0.05, 0) is 25.0 Å². The molecule has 1 aromatic rings. The molecule has 2 amide bonds. The maximum atomic E-state index is 11.8. The van der Waals surface area contributed by atoms with E-state index in [9.17, 15) is 9.59 Å². The van der Waals surface area contributed by atoms with Crippen LogP contribution >= 0.6 is 0 Å². The van der Waals surface area contributed by atoms with Crippen molar-refractivity contribution in [2.45, 2.75) is 31.7 Å². The third-order valence-electron chi connectivity index (χ3n) is 3.96. The zero-order chi connectivity index (χ0) is 18.2. The lowest BCUT2D eigenvalue weighted by Gasteiger charge is -2.12. The maximum absolute atomic E-state index is 11.8. The molecule has 0 saturated heterocycles. The third-order valence-corrected chi connectivity index (χ3v) is 3.96. The van der Waals surface area contributed by atoms with Crippen molar-refractivity contribution >= 4 is 18.0 Å².